The van der Waals surface area contributed by atoms with Gasteiger partial charge in [0.05, 0.1) is 30.1 Å². The topological polar surface area (TPSA) is 70.4 Å². The van der Waals surface area contributed by atoms with Crippen LogP contribution < -0.4 is 10.3 Å². The van der Waals surface area contributed by atoms with Crippen LogP contribution in [-0.2, 0) is 11.3 Å². The van der Waals surface area contributed by atoms with Crippen LogP contribution in [0.15, 0.2) is 53.3 Å². The van der Waals surface area contributed by atoms with Gasteiger partial charge in [0.1, 0.15) is 18.2 Å². The molecular formula is C19H18N2O4. The largest absolute Gasteiger partial charge is 0.497 e. The van der Waals surface area contributed by atoms with Gasteiger partial charge in [0.25, 0.3) is 5.56 Å². The second-order valence-electron chi connectivity index (χ2n) is 5.50. The van der Waals surface area contributed by atoms with E-state index in [2.05, 4.69) is 4.98 Å². The maximum absolute atomic E-state index is 12.5. The van der Waals surface area contributed by atoms with E-state index in [0.717, 1.165) is 0 Å². The zero-order valence-corrected chi connectivity index (χ0v) is 14.1. The summed E-state index contributed by atoms with van der Waals surface area (Å²) in [5.74, 6) is 0.708. The third-order valence-corrected chi connectivity index (χ3v) is 3.91. The number of carbonyl (C=O) groups is 1. The molecule has 128 valence electrons. The summed E-state index contributed by atoms with van der Waals surface area (Å²) in [5, 5.41) is 0.548. The van der Waals surface area contributed by atoms with Gasteiger partial charge in [-0.15, -0.1) is 0 Å². The quantitative estimate of drug-likeness (QED) is 0.669. The molecule has 3 aromatic rings. The van der Waals surface area contributed by atoms with Gasteiger partial charge >= 0.3 is 5.97 Å². The van der Waals surface area contributed by atoms with Crippen molar-refractivity contribution in [3.8, 4) is 5.75 Å². The Morgan fingerprint density at radius 3 is 2.76 bits per heavy atom. The average molecular weight is 338 g/mol. The van der Waals surface area contributed by atoms with Crippen LogP contribution in [0.3, 0.4) is 0 Å². The molecule has 0 aliphatic heterocycles. The molecule has 1 aromatic heterocycles. The van der Waals surface area contributed by atoms with E-state index in [1.807, 2.05) is 6.07 Å². The van der Waals surface area contributed by atoms with Crippen molar-refractivity contribution < 1.29 is 14.3 Å². The van der Waals surface area contributed by atoms with Gasteiger partial charge in [0.2, 0.25) is 0 Å². The number of aromatic nitrogens is 2. The van der Waals surface area contributed by atoms with E-state index < -0.39 is 5.97 Å². The number of aryl methyl sites for hydroxylation is 1. The number of hydrogen-bond donors (Lipinski definition) is 0. The molecule has 2 aromatic carbocycles. The number of para-hydroxylation sites is 1. The van der Waals surface area contributed by atoms with E-state index in [9.17, 15) is 9.59 Å². The molecule has 0 atom stereocenters. The fourth-order valence-electron chi connectivity index (χ4n) is 2.61. The van der Waals surface area contributed by atoms with Gasteiger partial charge in [-0.25, -0.2) is 9.78 Å². The number of fused-ring (bicyclic) bond motifs is 1. The number of benzene rings is 2. The molecule has 3 rings (SSSR count). The third kappa shape index (κ3) is 3.52. The molecule has 0 unspecified atom stereocenters. The summed E-state index contributed by atoms with van der Waals surface area (Å²) < 4.78 is 11.9. The minimum Gasteiger partial charge on any atom is -0.497 e. The fraction of sp³-hybridized carbons (Fsp3) is 0.211. The van der Waals surface area contributed by atoms with Gasteiger partial charge in [0.15, 0.2) is 0 Å². The molecule has 0 saturated heterocycles. The van der Waals surface area contributed by atoms with E-state index >= 15 is 0 Å². The zero-order chi connectivity index (χ0) is 17.8. The van der Waals surface area contributed by atoms with Gasteiger partial charge < -0.3 is 9.47 Å². The summed E-state index contributed by atoms with van der Waals surface area (Å²) in [6.07, 6.45) is 0. The Morgan fingerprint density at radius 1 is 1.16 bits per heavy atom. The molecule has 0 saturated carbocycles. The second kappa shape index (κ2) is 7.17. The highest BCUT2D eigenvalue weighted by Gasteiger charge is 2.11. The Morgan fingerprint density at radius 2 is 1.96 bits per heavy atom. The maximum atomic E-state index is 12.5. The summed E-state index contributed by atoms with van der Waals surface area (Å²) in [7, 11) is 1.53. The van der Waals surface area contributed by atoms with Gasteiger partial charge in [-0.3, -0.25) is 9.36 Å². The lowest BCUT2D eigenvalue weighted by molar-refractivity contribution is 0.0489. The monoisotopic (exact) mass is 338 g/mol. The van der Waals surface area contributed by atoms with Crippen LogP contribution in [0, 0.1) is 6.92 Å². The molecule has 0 spiro atoms. The van der Waals surface area contributed by atoms with Crippen LogP contribution >= 0.6 is 0 Å². The van der Waals surface area contributed by atoms with E-state index in [1.54, 1.807) is 49.4 Å². The van der Waals surface area contributed by atoms with E-state index in [0.29, 0.717) is 28.0 Å². The van der Waals surface area contributed by atoms with Gasteiger partial charge in [-0.05, 0) is 37.3 Å². The summed E-state index contributed by atoms with van der Waals surface area (Å²) >= 11 is 0. The lowest BCUT2D eigenvalue weighted by Gasteiger charge is -2.11. The lowest BCUT2D eigenvalue weighted by Crippen LogP contribution is -2.26. The molecule has 0 radical (unpaired) electrons. The smallest absolute Gasteiger partial charge is 0.338 e. The minimum atomic E-state index is -0.460. The first kappa shape index (κ1) is 16.7. The van der Waals surface area contributed by atoms with Crippen LogP contribution in [-0.4, -0.2) is 29.2 Å². The third-order valence-electron chi connectivity index (χ3n) is 3.91. The van der Waals surface area contributed by atoms with Crippen molar-refractivity contribution in [2.24, 2.45) is 0 Å². The number of rotatable bonds is 5. The van der Waals surface area contributed by atoms with Crippen molar-refractivity contribution in [2.45, 2.75) is 13.5 Å². The number of carbonyl (C=O) groups excluding carboxylic acids is 1. The molecule has 6 heteroatoms. The van der Waals surface area contributed by atoms with Crippen LogP contribution in [0.1, 0.15) is 16.2 Å². The molecule has 0 aliphatic carbocycles. The molecule has 0 bridgehead atoms. The molecule has 1 heterocycles. The standard InChI is InChI=1S/C19H18N2O4/c1-13-20-17-9-4-3-8-16(17)18(22)21(13)10-11-25-19(23)14-6-5-7-15(12-14)24-2/h3-9,12H,10-11H2,1-2H3. The van der Waals surface area contributed by atoms with Crippen molar-refractivity contribution in [3.63, 3.8) is 0 Å². The Bertz CT molecular complexity index is 979. The van der Waals surface area contributed by atoms with Crippen molar-refractivity contribution in [2.75, 3.05) is 13.7 Å². The number of ether oxygens (including phenoxy) is 2. The maximum Gasteiger partial charge on any atom is 0.338 e. The number of hydrogen-bond acceptors (Lipinski definition) is 5. The van der Waals surface area contributed by atoms with Crippen molar-refractivity contribution >= 4 is 16.9 Å². The van der Waals surface area contributed by atoms with Crippen LogP contribution in [0.25, 0.3) is 10.9 Å². The summed E-state index contributed by atoms with van der Waals surface area (Å²) in [5.41, 5.74) is 0.926. The Hall–Kier alpha value is -3.15. The number of nitrogens with zero attached hydrogens (tertiary/aromatic N) is 2. The Kier molecular flexibility index (Phi) is 4.79. The van der Waals surface area contributed by atoms with Crippen LogP contribution in [0.5, 0.6) is 5.75 Å². The lowest BCUT2D eigenvalue weighted by atomic mass is 10.2. The molecular weight excluding hydrogens is 320 g/mol. The Labute approximate surface area is 144 Å². The molecule has 0 fully saturated rings. The van der Waals surface area contributed by atoms with Gasteiger partial charge in [-0.2, -0.15) is 0 Å². The van der Waals surface area contributed by atoms with E-state index in [-0.39, 0.29) is 18.7 Å². The van der Waals surface area contributed by atoms with E-state index in [4.69, 9.17) is 9.47 Å². The van der Waals surface area contributed by atoms with E-state index in [1.165, 1.54) is 11.7 Å². The SMILES string of the molecule is COc1cccc(C(=O)OCCn2c(C)nc3ccccc3c2=O)c1. The first-order valence-corrected chi connectivity index (χ1v) is 7.87. The normalized spacial score (nSPS) is 10.6. The summed E-state index contributed by atoms with van der Waals surface area (Å²) in [4.78, 5) is 29.1. The number of esters is 1. The van der Waals surface area contributed by atoms with Crippen LogP contribution in [0.4, 0.5) is 0 Å². The molecule has 0 amide bonds. The predicted octanol–water partition coefficient (Wildman–Crippen LogP) is 2.57. The van der Waals surface area contributed by atoms with Crippen molar-refractivity contribution in [1.82, 2.24) is 9.55 Å². The average Bonchev–Trinajstić information content (AvgIpc) is 2.64. The molecule has 0 aliphatic rings. The zero-order valence-electron chi connectivity index (χ0n) is 14.1. The molecule has 6 nitrogen and oxygen atoms in total. The Balaban J connectivity index is 1.73. The predicted molar refractivity (Wildman–Crippen MR) is 94.0 cm³/mol. The minimum absolute atomic E-state index is 0.0802. The first-order valence-electron chi connectivity index (χ1n) is 7.87. The highest BCUT2D eigenvalue weighted by atomic mass is 16.5. The second-order valence-corrected chi connectivity index (χ2v) is 5.50. The molecule has 0 N–H and O–H groups in total. The first-order chi connectivity index (χ1) is 12.1. The van der Waals surface area contributed by atoms with Crippen molar-refractivity contribution in [1.29, 1.82) is 0 Å². The number of methoxy groups -OCH3 is 1. The fourth-order valence-corrected chi connectivity index (χ4v) is 2.61. The molecule has 25 heavy (non-hydrogen) atoms. The van der Waals surface area contributed by atoms with Crippen molar-refractivity contribution in [3.05, 3.63) is 70.3 Å². The summed E-state index contributed by atoms with van der Waals surface area (Å²) in [6, 6.07) is 13.9. The highest BCUT2D eigenvalue weighted by molar-refractivity contribution is 5.89. The van der Waals surface area contributed by atoms with Gasteiger partial charge in [-0.1, -0.05) is 18.2 Å². The van der Waals surface area contributed by atoms with Crippen LogP contribution in [0.2, 0.25) is 0 Å². The van der Waals surface area contributed by atoms with Gasteiger partial charge in [0, 0.05) is 0 Å². The summed E-state index contributed by atoms with van der Waals surface area (Å²) in [6.45, 7) is 2.09. The highest BCUT2D eigenvalue weighted by Crippen LogP contribution is 2.13.